The van der Waals surface area contributed by atoms with E-state index in [0.29, 0.717) is 0 Å². The van der Waals surface area contributed by atoms with Crippen LogP contribution in [0.3, 0.4) is 0 Å². The van der Waals surface area contributed by atoms with E-state index in [9.17, 15) is 0 Å². The van der Waals surface area contributed by atoms with Crippen molar-refractivity contribution in [3.05, 3.63) is 24.3 Å². The molecule has 0 radical (unpaired) electrons. The summed E-state index contributed by atoms with van der Waals surface area (Å²) in [5, 5.41) is 3.37. The Balaban J connectivity index is 2.57. The fourth-order valence-corrected chi connectivity index (χ4v) is 1.70. The zero-order chi connectivity index (χ0) is 10.4. The summed E-state index contributed by atoms with van der Waals surface area (Å²) >= 11 is 1.75. The predicted octanol–water partition coefficient (Wildman–Crippen LogP) is 2.86. The molecule has 0 aliphatic rings. The quantitative estimate of drug-likeness (QED) is 0.757. The normalized spacial score (nSPS) is 12.5. The Morgan fingerprint density at radius 3 is 2.79 bits per heavy atom. The van der Waals surface area contributed by atoms with Crippen LogP contribution >= 0.6 is 11.8 Å². The Bertz CT molecular complexity index is 278. The molecule has 0 saturated heterocycles. The van der Waals surface area contributed by atoms with Crippen LogP contribution in [0.25, 0.3) is 0 Å². The molecule has 1 unspecified atom stereocenters. The Morgan fingerprint density at radius 1 is 1.43 bits per heavy atom. The van der Waals surface area contributed by atoms with E-state index in [1.807, 2.05) is 6.07 Å². The van der Waals surface area contributed by atoms with E-state index >= 15 is 0 Å². The van der Waals surface area contributed by atoms with Crippen LogP contribution in [0.15, 0.2) is 29.2 Å². The van der Waals surface area contributed by atoms with Gasteiger partial charge in [0, 0.05) is 24.2 Å². The Hall–Kier alpha value is -0.670. The summed E-state index contributed by atoms with van der Waals surface area (Å²) in [6.07, 6.45) is 2.32. The lowest BCUT2D eigenvalue weighted by Crippen LogP contribution is -2.18. The van der Waals surface area contributed by atoms with Gasteiger partial charge in [-0.25, -0.2) is 0 Å². The van der Waals surface area contributed by atoms with Crippen LogP contribution < -0.4 is 5.32 Å². The molecule has 0 saturated carbocycles. The summed E-state index contributed by atoms with van der Waals surface area (Å²) in [6, 6.07) is 8.30. The lowest BCUT2D eigenvalue weighted by atomic mass is 10.3. The molecule has 0 aliphatic heterocycles. The minimum absolute atomic E-state index is 0.241. The summed E-state index contributed by atoms with van der Waals surface area (Å²) in [6.45, 7) is 2.89. The van der Waals surface area contributed by atoms with E-state index in [1.165, 1.54) is 10.6 Å². The maximum Gasteiger partial charge on any atom is 0.0715 e. The van der Waals surface area contributed by atoms with Crippen LogP contribution in [-0.2, 0) is 4.74 Å². The minimum Gasteiger partial charge on any atom is -0.382 e. The molecule has 0 fully saturated rings. The predicted molar refractivity (Wildman–Crippen MR) is 63.2 cm³/mol. The molecule has 2 nitrogen and oxygen atoms in total. The summed E-state index contributed by atoms with van der Waals surface area (Å²) in [4.78, 5) is 1.27. The molecule has 0 bridgehead atoms. The highest BCUT2D eigenvalue weighted by Gasteiger charge is 2.02. The van der Waals surface area contributed by atoms with Gasteiger partial charge in [0.25, 0.3) is 0 Å². The summed E-state index contributed by atoms with van der Waals surface area (Å²) < 4.78 is 5.18. The third kappa shape index (κ3) is 3.24. The van der Waals surface area contributed by atoms with Crippen LogP contribution in [-0.4, -0.2) is 26.0 Å². The number of benzene rings is 1. The minimum atomic E-state index is 0.241. The molecular formula is C11H17NOS. The molecule has 0 aromatic heterocycles. The van der Waals surface area contributed by atoms with Gasteiger partial charge in [-0.15, -0.1) is 11.8 Å². The molecule has 1 aromatic rings. The Morgan fingerprint density at radius 2 is 2.14 bits per heavy atom. The molecule has 78 valence electrons. The third-order valence-electron chi connectivity index (χ3n) is 2.09. The van der Waals surface area contributed by atoms with Crippen LogP contribution in [0.2, 0.25) is 0 Å². The first-order chi connectivity index (χ1) is 6.77. The Labute approximate surface area is 90.0 Å². The van der Waals surface area contributed by atoms with E-state index in [2.05, 4.69) is 36.7 Å². The maximum absolute atomic E-state index is 5.18. The number of methoxy groups -OCH3 is 1. The highest BCUT2D eigenvalue weighted by atomic mass is 32.2. The number of anilines is 1. The summed E-state index contributed by atoms with van der Waals surface area (Å²) in [5.74, 6) is 0. The molecule has 0 heterocycles. The largest absolute Gasteiger partial charge is 0.382 e. The third-order valence-corrected chi connectivity index (χ3v) is 2.89. The second-order valence-electron chi connectivity index (χ2n) is 3.13. The fourth-order valence-electron chi connectivity index (χ4n) is 1.13. The van der Waals surface area contributed by atoms with Gasteiger partial charge in [-0.3, -0.25) is 0 Å². The van der Waals surface area contributed by atoms with Crippen molar-refractivity contribution in [1.82, 2.24) is 0 Å². The maximum atomic E-state index is 5.18. The highest BCUT2D eigenvalue weighted by molar-refractivity contribution is 7.98. The standard InChI is InChI=1S/C11H17NOS/c1-9(13-2)8-12-10-6-4-5-7-11(10)14-3/h4-7,9,12H,8H2,1-3H3. The van der Waals surface area contributed by atoms with Crippen molar-refractivity contribution in [3.8, 4) is 0 Å². The lowest BCUT2D eigenvalue weighted by molar-refractivity contribution is 0.129. The van der Waals surface area contributed by atoms with Crippen LogP contribution in [0.5, 0.6) is 0 Å². The van der Waals surface area contributed by atoms with Crippen LogP contribution in [0.4, 0.5) is 5.69 Å². The van der Waals surface area contributed by atoms with Crippen molar-refractivity contribution >= 4 is 17.4 Å². The molecule has 3 heteroatoms. The molecule has 1 aromatic carbocycles. The van der Waals surface area contributed by atoms with Crippen molar-refractivity contribution in [2.45, 2.75) is 17.9 Å². The first-order valence-corrected chi connectivity index (χ1v) is 5.90. The smallest absolute Gasteiger partial charge is 0.0715 e. The molecule has 0 amide bonds. The fraction of sp³-hybridized carbons (Fsp3) is 0.455. The monoisotopic (exact) mass is 211 g/mol. The van der Waals surface area contributed by atoms with Gasteiger partial charge in [0.15, 0.2) is 0 Å². The molecule has 1 atom stereocenters. The van der Waals surface area contributed by atoms with E-state index in [1.54, 1.807) is 18.9 Å². The topological polar surface area (TPSA) is 21.3 Å². The number of para-hydroxylation sites is 1. The number of rotatable bonds is 5. The van der Waals surface area contributed by atoms with Gasteiger partial charge in [0.2, 0.25) is 0 Å². The van der Waals surface area contributed by atoms with Gasteiger partial charge in [-0.05, 0) is 25.3 Å². The van der Waals surface area contributed by atoms with Gasteiger partial charge in [0.05, 0.1) is 6.10 Å². The average molecular weight is 211 g/mol. The zero-order valence-corrected chi connectivity index (χ0v) is 9.73. The first kappa shape index (κ1) is 11.4. The number of thioether (sulfide) groups is 1. The van der Waals surface area contributed by atoms with Crippen molar-refractivity contribution in [3.63, 3.8) is 0 Å². The zero-order valence-electron chi connectivity index (χ0n) is 8.91. The first-order valence-electron chi connectivity index (χ1n) is 4.67. The van der Waals surface area contributed by atoms with Gasteiger partial charge < -0.3 is 10.1 Å². The summed E-state index contributed by atoms with van der Waals surface area (Å²) in [7, 11) is 1.73. The SMILES string of the molecule is COC(C)CNc1ccccc1SC. The average Bonchev–Trinajstić information content (AvgIpc) is 2.26. The second kappa shape index (κ2) is 5.94. The van der Waals surface area contributed by atoms with Gasteiger partial charge in [-0.1, -0.05) is 12.1 Å². The summed E-state index contributed by atoms with van der Waals surface area (Å²) in [5.41, 5.74) is 1.18. The molecule has 1 rings (SSSR count). The number of hydrogen-bond donors (Lipinski definition) is 1. The van der Waals surface area contributed by atoms with Crippen molar-refractivity contribution in [2.75, 3.05) is 25.2 Å². The number of nitrogens with one attached hydrogen (secondary N) is 1. The highest BCUT2D eigenvalue weighted by Crippen LogP contribution is 2.24. The van der Waals surface area contributed by atoms with Gasteiger partial charge in [0.1, 0.15) is 0 Å². The van der Waals surface area contributed by atoms with Crippen LogP contribution in [0, 0.1) is 0 Å². The molecule has 0 aliphatic carbocycles. The van der Waals surface area contributed by atoms with Crippen molar-refractivity contribution in [2.24, 2.45) is 0 Å². The Kier molecular flexibility index (Phi) is 4.84. The van der Waals surface area contributed by atoms with E-state index in [-0.39, 0.29) is 6.10 Å². The van der Waals surface area contributed by atoms with Gasteiger partial charge >= 0.3 is 0 Å². The van der Waals surface area contributed by atoms with Crippen molar-refractivity contribution < 1.29 is 4.74 Å². The van der Waals surface area contributed by atoms with Crippen molar-refractivity contribution in [1.29, 1.82) is 0 Å². The van der Waals surface area contributed by atoms with Gasteiger partial charge in [-0.2, -0.15) is 0 Å². The number of ether oxygens (including phenoxy) is 1. The van der Waals surface area contributed by atoms with E-state index < -0.39 is 0 Å². The lowest BCUT2D eigenvalue weighted by Gasteiger charge is -2.13. The molecule has 1 N–H and O–H groups in total. The molecule has 14 heavy (non-hydrogen) atoms. The molecule has 0 spiro atoms. The second-order valence-corrected chi connectivity index (χ2v) is 3.98. The van der Waals surface area contributed by atoms with E-state index in [4.69, 9.17) is 4.74 Å². The molecular weight excluding hydrogens is 194 g/mol. The number of hydrogen-bond acceptors (Lipinski definition) is 3. The van der Waals surface area contributed by atoms with E-state index in [0.717, 1.165) is 6.54 Å². The van der Waals surface area contributed by atoms with Crippen LogP contribution in [0.1, 0.15) is 6.92 Å².